The molecule has 0 saturated carbocycles. The molecule has 1 aromatic carbocycles. The van der Waals surface area contributed by atoms with Crippen LogP contribution in [0.1, 0.15) is 24.8 Å². The van der Waals surface area contributed by atoms with E-state index >= 15 is 0 Å². The van der Waals surface area contributed by atoms with Crippen molar-refractivity contribution in [2.75, 3.05) is 40.5 Å². The summed E-state index contributed by atoms with van der Waals surface area (Å²) < 4.78 is 16.7. The van der Waals surface area contributed by atoms with Crippen LogP contribution in [0.3, 0.4) is 0 Å². The third-order valence-electron chi connectivity index (χ3n) is 5.26. The molecule has 5 nitrogen and oxygen atoms in total. The average Bonchev–Trinajstić information content (AvgIpc) is 2.61. The van der Waals surface area contributed by atoms with Crippen molar-refractivity contribution in [3.63, 3.8) is 0 Å². The Labute approximate surface area is 143 Å². The molecule has 0 spiro atoms. The topological polar surface area (TPSA) is 48.0 Å². The first-order chi connectivity index (χ1) is 11.7. The lowest BCUT2D eigenvalue weighted by Crippen LogP contribution is -2.58. The van der Waals surface area contributed by atoms with Gasteiger partial charge in [-0.25, -0.2) is 0 Å². The molecule has 0 unspecified atom stereocenters. The lowest BCUT2D eigenvalue weighted by Gasteiger charge is -2.50. The Kier molecular flexibility index (Phi) is 5.41. The van der Waals surface area contributed by atoms with E-state index in [4.69, 9.17) is 14.2 Å². The number of carbonyl (C=O) groups is 1. The second kappa shape index (κ2) is 7.53. The van der Waals surface area contributed by atoms with Crippen molar-refractivity contribution in [3.8, 4) is 5.75 Å². The minimum absolute atomic E-state index is 0.0463. The molecule has 2 aliphatic rings. The Hall–Kier alpha value is -1.59. The molecule has 24 heavy (non-hydrogen) atoms. The predicted molar refractivity (Wildman–Crippen MR) is 91.2 cm³/mol. The largest absolute Gasteiger partial charge is 0.497 e. The number of likely N-dealkylation sites (tertiary alicyclic amines) is 1. The molecule has 132 valence electrons. The van der Waals surface area contributed by atoms with E-state index < -0.39 is 0 Å². The normalized spacial score (nSPS) is 26.8. The quantitative estimate of drug-likeness (QED) is 0.829. The van der Waals surface area contributed by atoms with Gasteiger partial charge in [0.2, 0.25) is 5.91 Å². The minimum Gasteiger partial charge on any atom is -0.497 e. The molecular formula is C19H27NO4. The van der Waals surface area contributed by atoms with Gasteiger partial charge in [0, 0.05) is 32.2 Å². The first kappa shape index (κ1) is 17.2. The van der Waals surface area contributed by atoms with Crippen molar-refractivity contribution >= 4 is 5.91 Å². The van der Waals surface area contributed by atoms with Crippen LogP contribution in [0.25, 0.3) is 0 Å². The maximum Gasteiger partial charge on any atom is 0.227 e. The molecule has 2 atom stereocenters. The molecular weight excluding hydrogens is 306 g/mol. The molecule has 1 amide bonds. The van der Waals surface area contributed by atoms with E-state index in [9.17, 15) is 4.79 Å². The van der Waals surface area contributed by atoms with E-state index in [1.165, 1.54) is 0 Å². The van der Waals surface area contributed by atoms with Gasteiger partial charge in [-0.3, -0.25) is 4.79 Å². The Morgan fingerprint density at radius 2 is 2.29 bits per heavy atom. The van der Waals surface area contributed by atoms with E-state index in [2.05, 4.69) is 0 Å². The van der Waals surface area contributed by atoms with Crippen molar-refractivity contribution < 1.29 is 19.0 Å². The number of piperidine rings is 1. The number of rotatable bonds is 5. The molecule has 2 fully saturated rings. The molecule has 1 aromatic rings. The van der Waals surface area contributed by atoms with Crippen molar-refractivity contribution in [3.05, 3.63) is 29.8 Å². The van der Waals surface area contributed by atoms with Crippen LogP contribution in [0, 0.1) is 5.41 Å². The number of hydrogen-bond acceptors (Lipinski definition) is 4. The molecule has 2 heterocycles. The first-order valence-electron chi connectivity index (χ1n) is 8.68. The highest BCUT2D eigenvalue weighted by molar-refractivity contribution is 5.79. The molecule has 0 N–H and O–H groups in total. The molecule has 0 bridgehead atoms. The predicted octanol–water partition coefficient (Wildman–Crippen LogP) is 2.28. The second-order valence-electron chi connectivity index (χ2n) is 6.89. The fourth-order valence-electron chi connectivity index (χ4n) is 4.07. The fraction of sp³-hybridized carbons (Fsp3) is 0.632. The molecule has 2 aliphatic heterocycles. The van der Waals surface area contributed by atoms with Gasteiger partial charge in [-0.05, 0) is 37.0 Å². The maximum atomic E-state index is 12.8. The van der Waals surface area contributed by atoms with Crippen LogP contribution >= 0.6 is 0 Å². The smallest absolute Gasteiger partial charge is 0.227 e. The summed E-state index contributed by atoms with van der Waals surface area (Å²) in [6.45, 7) is 2.97. The van der Waals surface area contributed by atoms with Gasteiger partial charge in [0.25, 0.3) is 0 Å². The number of carbonyl (C=O) groups excluding carboxylic acids is 1. The lowest BCUT2D eigenvalue weighted by molar-refractivity contribution is -0.161. The van der Waals surface area contributed by atoms with Crippen molar-refractivity contribution in [1.29, 1.82) is 0 Å². The number of methoxy groups -OCH3 is 2. The zero-order valence-corrected chi connectivity index (χ0v) is 14.6. The SMILES string of the molecule is COC[C@@]12CCCO[C@@H]1CCN(C(=O)Cc1cccc(OC)c1)C2. The van der Waals surface area contributed by atoms with Gasteiger partial charge in [0.05, 0.1) is 26.2 Å². The Morgan fingerprint density at radius 1 is 1.42 bits per heavy atom. The van der Waals surface area contributed by atoms with E-state index in [1.54, 1.807) is 14.2 Å². The van der Waals surface area contributed by atoms with Crippen molar-refractivity contribution in [2.45, 2.75) is 31.8 Å². The van der Waals surface area contributed by atoms with Gasteiger partial charge < -0.3 is 19.1 Å². The highest BCUT2D eigenvalue weighted by Gasteiger charge is 2.46. The zero-order chi connectivity index (χ0) is 17.0. The summed E-state index contributed by atoms with van der Waals surface area (Å²) in [6.07, 6.45) is 3.62. The second-order valence-corrected chi connectivity index (χ2v) is 6.89. The van der Waals surface area contributed by atoms with Crippen LogP contribution in [0.15, 0.2) is 24.3 Å². The van der Waals surface area contributed by atoms with Crippen LogP contribution in [0.4, 0.5) is 0 Å². The number of hydrogen-bond donors (Lipinski definition) is 0. The lowest BCUT2D eigenvalue weighted by atomic mass is 9.73. The van der Waals surface area contributed by atoms with Gasteiger partial charge in [0.1, 0.15) is 5.75 Å². The monoisotopic (exact) mass is 333 g/mol. The van der Waals surface area contributed by atoms with Gasteiger partial charge >= 0.3 is 0 Å². The van der Waals surface area contributed by atoms with Crippen LogP contribution in [0.5, 0.6) is 5.75 Å². The molecule has 0 aliphatic carbocycles. The number of nitrogens with zero attached hydrogens (tertiary/aromatic N) is 1. The number of ether oxygens (including phenoxy) is 3. The Balaban J connectivity index is 1.68. The Morgan fingerprint density at radius 3 is 3.08 bits per heavy atom. The highest BCUT2D eigenvalue weighted by Crippen LogP contribution is 2.40. The summed E-state index contributed by atoms with van der Waals surface area (Å²) in [5, 5.41) is 0. The molecule has 5 heteroatoms. The first-order valence-corrected chi connectivity index (χ1v) is 8.68. The molecule has 0 radical (unpaired) electrons. The van der Waals surface area contributed by atoms with E-state index in [-0.39, 0.29) is 17.4 Å². The molecule has 0 aromatic heterocycles. The van der Waals surface area contributed by atoms with Crippen LogP contribution < -0.4 is 4.74 Å². The van der Waals surface area contributed by atoms with Gasteiger partial charge in [-0.1, -0.05) is 12.1 Å². The van der Waals surface area contributed by atoms with Crippen LogP contribution in [0.2, 0.25) is 0 Å². The number of amides is 1. The van der Waals surface area contributed by atoms with Gasteiger partial charge in [0.15, 0.2) is 0 Å². The zero-order valence-electron chi connectivity index (χ0n) is 14.6. The maximum absolute atomic E-state index is 12.8. The summed E-state index contributed by atoms with van der Waals surface area (Å²) in [4.78, 5) is 14.8. The highest BCUT2D eigenvalue weighted by atomic mass is 16.5. The summed E-state index contributed by atoms with van der Waals surface area (Å²) in [5.74, 6) is 0.957. The van der Waals surface area contributed by atoms with Gasteiger partial charge in [-0.2, -0.15) is 0 Å². The third kappa shape index (κ3) is 3.57. The fourth-order valence-corrected chi connectivity index (χ4v) is 4.07. The minimum atomic E-state index is -0.0463. The van der Waals surface area contributed by atoms with Crippen molar-refractivity contribution in [2.24, 2.45) is 5.41 Å². The van der Waals surface area contributed by atoms with E-state index in [1.807, 2.05) is 29.2 Å². The number of benzene rings is 1. The standard InChI is InChI=1S/C19H27NO4/c1-22-14-19-8-4-10-24-17(19)7-9-20(13-19)18(21)12-15-5-3-6-16(11-15)23-2/h3,5-6,11,17H,4,7-10,12-14H2,1-2H3/t17-,19+/m1/s1. The summed E-state index contributed by atoms with van der Waals surface area (Å²) >= 11 is 0. The van der Waals surface area contributed by atoms with Crippen LogP contribution in [-0.2, 0) is 20.7 Å². The third-order valence-corrected chi connectivity index (χ3v) is 5.26. The molecule has 3 rings (SSSR count). The van der Waals surface area contributed by atoms with E-state index in [0.29, 0.717) is 13.0 Å². The van der Waals surface area contributed by atoms with E-state index in [0.717, 1.165) is 50.3 Å². The van der Waals surface area contributed by atoms with Gasteiger partial charge in [-0.15, -0.1) is 0 Å². The van der Waals surface area contributed by atoms with Crippen LogP contribution in [-0.4, -0.2) is 57.4 Å². The number of fused-ring (bicyclic) bond motifs is 1. The summed E-state index contributed by atoms with van der Waals surface area (Å²) in [6, 6.07) is 7.72. The Bertz CT molecular complexity index is 572. The van der Waals surface area contributed by atoms with Crippen molar-refractivity contribution in [1.82, 2.24) is 4.90 Å². The average molecular weight is 333 g/mol. The summed E-state index contributed by atoms with van der Waals surface area (Å²) in [5.41, 5.74) is 0.942. The summed E-state index contributed by atoms with van der Waals surface area (Å²) in [7, 11) is 3.38. The molecule has 2 saturated heterocycles.